The number of ether oxygens (including phenoxy) is 2. The van der Waals surface area contributed by atoms with Crippen LogP contribution in [0.4, 0.5) is 0 Å². The van der Waals surface area contributed by atoms with E-state index in [-0.39, 0.29) is 5.97 Å². The first kappa shape index (κ1) is 14.1. The molecule has 1 aromatic carbocycles. The fraction of sp³-hybridized carbons (Fsp3) is 0.333. The second-order valence-electron chi connectivity index (χ2n) is 4.36. The number of aromatic nitrogens is 2. The lowest BCUT2D eigenvalue weighted by Crippen LogP contribution is -2.26. The number of esters is 1. The molecule has 1 unspecified atom stereocenters. The summed E-state index contributed by atoms with van der Waals surface area (Å²) in [6, 6.07) is 9.48. The van der Waals surface area contributed by atoms with Crippen molar-refractivity contribution >= 4 is 5.97 Å². The van der Waals surface area contributed by atoms with E-state index in [0.29, 0.717) is 18.9 Å². The van der Waals surface area contributed by atoms with E-state index in [4.69, 9.17) is 9.47 Å². The molecule has 2 aromatic rings. The molecule has 0 saturated heterocycles. The molecule has 1 atom stereocenters. The van der Waals surface area contributed by atoms with Crippen LogP contribution >= 0.6 is 0 Å². The van der Waals surface area contributed by atoms with E-state index < -0.39 is 6.10 Å². The van der Waals surface area contributed by atoms with Gasteiger partial charge in [-0.15, -0.1) is 0 Å². The van der Waals surface area contributed by atoms with Crippen LogP contribution in [0.2, 0.25) is 0 Å². The molecule has 0 radical (unpaired) electrons. The molecular formula is C15H18N2O3. The lowest BCUT2D eigenvalue weighted by Gasteiger charge is -2.13. The van der Waals surface area contributed by atoms with E-state index >= 15 is 0 Å². The monoisotopic (exact) mass is 274 g/mol. The first-order valence-corrected chi connectivity index (χ1v) is 6.58. The summed E-state index contributed by atoms with van der Waals surface area (Å²) in [6.07, 6.45) is 3.05. The molecule has 1 heterocycles. The van der Waals surface area contributed by atoms with Crippen molar-refractivity contribution < 1.29 is 14.3 Å². The fourth-order valence-corrected chi connectivity index (χ4v) is 1.77. The van der Waals surface area contributed by atoms with Crippen molar-refractivity contribution in [2.24, 2.45) is 0 Å². The van der Waals surface area contributed by atoms with E-state index in [1.807, 2.05) is 41.2 Å². The predicted molar refractivity (Wildman–Crippen MR) is 74.5 cm³/mol. The van der Waals surface area contributed by atoms with Gasteiger partial charge in [-0.2, -0.15) is 5.10 Å². The zero-order valence-corrected chi connectivity index (χ0v) is 11.7. The molecule has 0 aliphatic heterocycles. The number of carbonyl (C=O) groups is 1. The number of hydrogen-bond donors (Lipinski definition) is 0. The summed E-state index contributed by atoms with van der Waals surface area (Å²) < 4.78 is 12.3. The highest BCUT2D eigenvalue weighted by molar-refractivity contribution is 5.74. The molecule has 5 nitrogen and oxygen atoms in total. The van der Waals surface area contributed by atoms with Gasteiger partial charge >= 0.3 is 5.97 Å². The number of rotatable bonds is 6. The highest BCUT2D eigenvalue weighted by Gasteiger charge is 2.15. The van der Waals surface area contributed by atoms with Crippen molar-refractivity contribution in [1.82, 2.24) is 9.78 Å². The molecule has 0 bridgehead atoms. The van der Waals surface area contributed by atoms with E-state index in [1.54, 1.807) is 20.0 Å². The first-order chi connectivity index (χ1) is 9.69. The largest absolute Gasteiger partial charge is 0.479 e. The van der Waals surface area contributed by atoms with Gasteiger partial charge in [-0.1, -0.05) is 12.1 Å². The van der Waals surface area contributed by atoms with E-state index in [0.717, 1.165) is 5.56 Å². The normalized spacial score (nSPS) is 11.9. The summed E-state index contributed by atoms with van der Waals surface area (Å²) in [5.41, 5.74) is 1.12. The Morgan fingerprint density at radius 1 is 1.35 bits per heavy atom. The van der Waals surface area contributed by atoms with E-state index in [1.165, 1.54) is 0 Å². The van der Waals surface area contributed by atoms with Gasteiger partial charge in [0, 0.05) is 12.4 Å². The Labute approximate surface area is 118 Å². The summed E-state index contributed by atoms with van der Waals surface area (Å²) >= 11 is 0. The molecule has 0 fully saturated rings. The molecule has 0 N–H and O–H groups in total. The van der Waals surface area contributed by atoms with Crippen LogP contribution in [0.15, 0.2) is 42.7 Å². The summed E-state index contributed by atoms with van der Waals surface area (Å²) in [4.78, 5) is 11.5. The Hall–Kier alpha value is -2.30. The van der Waals surface area contributed by atoms with Gasteiger partial charge in [-0.05, 0) is 37.6 Å². The quantitative estimate of drug-likeness (QED) is 0.758. The van der Waals surface area contributed by atoms with Gasteiger partial charge in [0.2, 0.25) is 0 Å². The van der Waals surface area contributed by atoms with E-state index in [9.17, 15) is 4.79 Å². The van der Waals surface area contributed by atoms with Crippen molar-refractivity contribution in [3.63, 3.8) is 0 Å². The van der Waals surface area contributed by atoms with Crippen molar-refractivity contribution in [3.8, 4) is 5.75 Å². The van der Waals surface area contributed by atoms with Crippen LogP contribution in [-0.4, -0.2) is 28.5 Å². The Balaban J connectivity index is 1.92. The number of hydrogen-bond acceptors (Lipinski definition) is 4. The second kappa shape index (κ2) is 6.75. The Morgan fingerprint density at radius 2 is 2.10 bits per heavy atom. The summed E-state index contributed by atoms with van der Waals surface area (Å²) in [6.45, 7) is 4.51. The van der Waals surface area contributed by atoms with Crippen molar-refractivity contribution in [2.45, 2.75) is 26.5 Å². The Morgan fingerprint density at radius 3 is 2.70 bits per heavy atom. The van der Waals surface area contributed by atoms with Gasteiger partial charge in [0.1, 0.15) is 5.75 Å². The maximum Gasteiger partial charge on any atom is 0.347 e. The molecule has 1 aromatic heterocycles. The minimum absolute atomic E-state index is 0.354. The third kappa shape index (κ3) is 3.85. The summed E-state index contributed by atoms with van der Waals surface area (Å²) in [7, 11) is 0. The Kier molecular flexibility index (Phi) is 4.76. The zero-order valence-electron chi connectivity index (χ0n) is 11.7. The van der Waals surface area contributed by atoms with Crippen LogP contribution < -0.4 is 4.74 Å². The van der Waals surface area contributed by atoms with Crippen LogP contribution in [0, 0.1) is 0 Å². The van der Waals surface area contributed by atoms with Gasteiger partial charge in [0.05, 0.1) is 13.2 Å². The van der Waals surface area contributed by atoms with Crippen LogP contribution in [0.5, 0.6) is 5.75 Å². The molecule has 0 amide bonds. The van der Waals surface area contributed by atoms with Crippen molar-refractivity contribution in [3.05, 3.63) is 48.3 Å². The molecule has 0 aliphatic rings. The Bertz CT molecular complexity index is 535. The molecule has 0 spiro atoms. The lowest BCUT2D eigenvalue weighted by atomic mass is 10.2. The van der Waals surface area contributed by atoms with Crippen LogP contribution in [0.25, 0.3) is 0 Å². The van der Waals surface area contributed by atoms with Gasteiger partial charge < -0.3 is 9.47 Å². The van der Waals surface area contributed by atoms with Crippen LogP contribution in [0.1, 0.15) is 19.4 Å². The highest BCUT2D eigenvalue weighted by atomic mass is 16.6. The van der Waals surface area contributed by atoms with Gasteiger partial charge in [-0.3, -0.25) is 4.68 Å². The molecule has 2 rings (SSSR count). The van der Waals surface area contributed by atoms with Gasteiger partial charge in [-0.25, -0.2) is 4.79 Å². The molecule has 0 aliphatic carbocycles. The average molecular weight is 274 g/mol. The van der Waals surface area contributed by atoms with E-state index in [2.05, 4.69) is 5.10 Å². The van der Waals surface area contributed by atoms with Crippen LogP contribution in [-0.2, 0) is 16.1 Å². The minimum atomic E-state index is -0.605. The SMILES string of the molecule is CCOC(=O)C(C)Oc1ccc(Cn2cccn2)cc1. The topological polar surface area (TPSA) is 53.4 Å². The first-order valence-electron chi connectivity index (χ1n) is 6.58. The fourth-order valence-electron chi connectivity index (χ4n) is 1.77. The predicted octanol–water partition coefficient (Wildman–Crippen LogP) is 2.26. The highest BCUT2D eigenvalue weighted by Crippen LogP contribution is 2.15. The van der Waals surface area contributed by atoms with Crippen molar-refractivity contribution in [1.29, 1.82) is 0 Å². The summed E-state index contributed by atoms with van der Waals surface area (Å²) in [5.74, 6) is 0.294. The van der Waals surface area contributed by atoms with Crippen LogP contribution in [0.3, 0.4) is 0 Å². The maximum absolute atomic E-state index is 11.5. The third-order valence-corrected chi connectivity index (χ3v) is 2.76. The van der Waals surface area contributed by atoms with Gasteiger partial charge in [0.15, 0.2) is 6.10 Å². The van der Waals surface area contributed by atoms with Crippen molar-refractivity contribution in [2.75, 3.05) is 6.61 Å². The third-order valence-electron chi connectivity index (χ3n) is 2.76. The number of benzene rings is 1. The van der Waals surface area contributed by atoms with Gasteiger partial charge in [0.25, 0.3) is 0 Å². The molecular weight excluding hydrogens is 256 g/mol. The molecule has 106 valence electrons. The number of carbonyl (C=O) groups excluding carboxylic acids is 1. The molecule has 0 saturated carbocycles. The second-order valence-corrected chi connectivity index (χ2v) is 4.36. The lowest BCUT2D eigenvalue weighted by molar-refractivity contribution is -0.150. The minimum Gasteiger partial charge on any atom is -0.479 e. The molecule has 20 heavy (non-hydrogen) atoms. The zero-order chi connectivity index (χ0) is 14.4. The smallest absolute Gasteiger partial charge is 0.347 e. The maximum atomic E-state index is 11.5. The summed E-state index contributed by atoms with van der Waals surface area (Å²) in [5, 5.41) is 4.15. The average Bonchev–Trinajstić information content (AvgIpc) is 2.94. The number of nitrogens with zero attached hydrogens (tertiary/aromatic N) is 2. The standard InChI is InChI=1S/C15H18N2O3/c1-3-19-15(18)12(2)20-14-7-5-13(6-8-14)11-17-10-4-9-16-17/h4-10,12H,3,11H2,1-2H3. The molecule has 5 heteroatoms.